The number of amides is 1. The van der Waals surface area contributed by atoms with Gasteiger partial charge in [-0.2, -0.15) is 8.42 Å². The Labute approximate surface area is 136 Å². The number of carbonyl (C=O) groups excluding carboxylic acids is 1. The van der Waals surface area contributed by atoms with Crippen LogP contribution in [0.4, 0.5) is 4.79 Å². The maximum atomic E-state index is 12.3. The van der Waals surface area contributed by atoms with E-state index in [1.54, 1.807) is 6.07 Å². The second kappa shape index (κ2) is 6.67. The van der Waals surface area contributed by atoms with Crippen molar-refractivity contribution in [3.8, 4) is 0 Å². The van der Waals surface area contributed by atoms with Crippen LogP contribution < -0.4 is 0 Å². The SMILES string of the molecule is O=C(ON(C(=O)O)S(=O)(=O)c1ccc(Cl)cc1)c1ccccc1. The molecule has 0 saturated carbocycles. The number of carbonyl (C=O) groups is 2. The van der Waals surface area contributed by atoms with E-state index in [1.165, 1.54) is 36.4 Å². The number of nitrogens with zero attached hydrogens (tertiary/aromatic N) is 1. The van der Waals surface area contributed by atoms with Crippen LogP contribution >= 0.6 is 11.6 Å². The molecular formula is C14H10ClNO6S. The average molecular weight is 356 g/mol. The summed E-state index contributed by atoms with van der Waals surface area (Å²) in [5.41, 5.74) is 0.00468. The standard InChI is InChI=1S/C14H10ClNO6S/c15-11-6-8-12(9-7-11)23(20,21)16(14(18)19)22-13(17)10-4-2-1-3-5-10/h1-9H,(H,18,19). The number of sulfonamides is 1. The third-order valence-corrected chi connectivity index (χ3v) is 4.45. The highest BCUT2D eigenvalue weighted by atomic mass is 35.5. The van der Waals surface area contributed by atoms with E-state index in [2.05, 4.69) is 4.84 Å². The molecule has 1 N–H and O–H groups in total. The molecule has 0 unspecified atom stereocenters. The van der Waals surface area contributed by atoms with Crippen molar-refractivity contribution in [1.82, 2.24) is 4.47 Å². The van der Waals surface area contributed by atoms with Crippen molar-refractivity contribution in [3.63, 3.8) is 0 Å². The summed E-state index contributed by atoms with van der Waals surface area (Å²) in [5.74, 6) is -1.12. The van der Waals surface area contributed by atoms with Gasteiger partial charge in [-0.15, -0.1) is 0 Å². The van der Waals surface area contributed by atoms with Crippen LogP contribution in [-0.2, 0) is 14.9 Å². The number of hydrogen-bond acceptors (Lipinski definition) is 5. The first-order valence-corrected chi connectivity index (χ1v) is 7.95. The predicted octanol–water partition coefficient (Wildman–Crippen LogP) is 2.78. The summed E-state index contributed by atoms with van der Waals surface area (Å²) in [7, 11) is -4.59. The van der Waals surface area contributed by atoms with Crippen LogP contribution in [0.5, 0.6) is 0 Å². The lowest BCUT2D eigenvalue weighted by Gasteiger charge is -2.17. The van der Waals surface area contributed by atoms with Crippen molar-refractivity contribution in [2.24, 2.45) is 0 Å². The van der Waals surface area contributed by atoms with Gasteiger partial charge >= 0.3 is 22.1 Å². The second-order valence-corrected chi connectivity index (χ2v) is 6.40. The van der Waals surface area contributed by atoms with Crippen molar-refractivity contribution in [2.75, 3.05) is 0 Å². The first kappa shape index (κ1) is 16.8. The lowest BCUT2D eigenvalue weighted by atomic mass is 10.2. The molecule has 0 fully saturated rings. The molecule has 0 aliphatic rings. The summed E-state index contributed by atoms with van der Waals surface area (Å²) in [5, 5.41) is 9.33. The van der Waals surface area contributed by atoms with Gasteiger partial charge in [0.25, 0.3) is 0 Å². The number of hydrogen-bond donors (Lipinski definition) is 1. The van der Waals surface area contributed by atoms with E-state index in [4.69, 9.17) is 16.7 Å². The summed E-state index contributed by atoms with van der Waals surface area (Å²) in [6, 6.07) is 12.1. The fourth-order valence-corrected chi connectivity index (χ4v) is 2.76. The zero-order chi connectivity index (χ0) is 17.0. The Kier molecular flexibility index (Phi) is 4.87. The monoisotopic (exact) mass is 355 g/mol. The van der Waals surface area contributed by atoms with Crippen molar-refractivity contribution in [3.05, 3.63) is 65.2 Å². The fourth-order valence-electron chi connectivity index (χ4n) is 1.60. The Balaban J connectivity index is 2.33. The second-order valence-electron chi connectivity index (χ2n) is 4.21. The quantitative estimate of drug-likeness (QED) is 0.849. The van der Waals surface area contributed by atoms with Gasteiger partial charge in [-0.3, -0.25) is 0 Å². The normalized spacial score (nSPS) is 10.8. The van der Waals surface area contributed by atoms with Crippen LogP contribution in [0, 0.1) is 0 Å². The van der Waals surface area contributed by atoms with Crippen LogP contribution in [0.3, 0.4) is 0 Å². The van der Waals surface area contributed by atoms with Gasteiger partial charge in [0.15, 0.2) is 0 Å². The third-order valence-electron chi connectivity index (χ3n) is 2.66. The van der Waals surface area contributed by atoms with E-state index in [0.29, 0.717) is 0 Å². The number of carboxylic acid groups (broad SMARTS) is 1. The molecular weight excluding hydrogens is 346 g/mol. The molecule has 0 bridgehead atoms. The molecule has 0 atom stereocenters. The summed E-state index contributed by atoms with van der Waals surface area (Å²) >= 11 is 5.66. The lowest BCUT2D eigenvalue weighted by molar-refractivity contribution is -0.0325. The molecule has 0 aliphatic heterocycles. The average Bonchev–Trinajstić information content (AvgIpc) is 2.53. The fraction of sp³-hybridized carbons (Fsp3) is 0. The lowest BCUT2D eigenvalue weighted by Crippen LogP contribution is -2.37. The van der Waals surface area contributed by atoms with Gasteiger partial charge in [0.1, 0.15) is 0 Å². The highest BCUT2D eigenvalue weighted by Gasteiger charge is 2.34. The molecule has 0 saturated heterocycles. The van der Waals surface area contributed by atoms with Crippen LogP contribution in [0.15, 0.2) is 59.5 Å². The van der Waals surface area contributed by atoms with Gasteiger partial charge in [0.2, 0.25) is 0 Å². The smallest absolute Gasteiger partial charge is 0.456 e. The number of benzene rings is 2. The van der Waals surface area contributed by atoms with E-state index in [-0.39, 0.29) is 20.0 Å². The zero-order valence-electron chi connectivity index (χ0n) is 11.4. The molecule has 0 heterocycles. The minimum atomic E-state index is -4.59. The first-order chi connectivity index (χ1) is 10.8. The van der Waals surface area contributed by atoms with Crippen molar-refractivity contribution in [2.45, 2.75) is 4.90 Å². The number of rotatable bonds is 3. The molecule has 0 aromatic heterocycles. The zero-order valence-corrected chi connectivity index (χ0v) is 13.0. The molecule has 7 nitrogen and oxygen atoms in total. The molecule has 23 heavy (non-hydrogen) atoms. The molecule has 0 spiro atoms. The van der Waals surface area contributed by atoms with Crippen LogP contribution in [0.2, 0.25) is 5.02 Å². The van der Waals surface area contributed by atoms with Gasteiger partial charge in [-0.25, -0.2) is 9.59 Å². The molecule has 120 valence electrons. The van der Waals surface area contributed by atoms with E-state index in [0.717, 1.165) is 12.1 Å². The molecule has 2 aromatic rings. The van der Waals surface area contributed by atoms with Crippen molar-refractivity contribution >= 4 is 33.7 Å². The predicted molar refractivity (Wildman–Crippen MR) is 80.4 cm³/mol. The summed E-state index contributed by atoms with van der Waals surface area (Å²) in [6.45, 7) is 0. The van der Waals surface area contributed by atoms with E-state index < -0.39 is 22.1 Å². The van der Waals surface area contributed by atoms with E-state index in [9.17, 15) is 18.0 Å². The van der Waals surface area contributed by atoms with Crippen molar-refractivity contribution < 1.29 is 28.0 Å². The molecule has 0 aliphatic carbocycles. The van der Waals surface area contributed by atoms with E-state index >= 15 is 0 Å². The topological polar surface area (TPSA) is 101 Å². The Hall–Kier alpha value is -2.58. The van der Waals surface area contributed by atoms with Crippen LogP contribution in [-0.4, -0.2) is 30.1 Å². The summed E-state index contributed by atoms with van der Waals surface area (Å²) < 4.78 is 24.2. The molecule has 1 amide bonds. The van der Waals surface area contributed by atoms with Gasteiger partial charge in [0.05, 0.1) is 10.5 Å². The minimum absolute atomic E-state index is 0.00468. The minimum Gasteiger partial charge on any atom is -0.462 e. The van der Waals surface area contributed by atoms with Gasteiger partial charge in [0, 0.05) is 5.02 Å². The van der Waals surface area contributed by atoms with E-state index in [1.807, 2.05) is 0 Å². The summed E-state index contributed by atoms with van der Waals surface area (Å²) in [6.07, 6.45) is -1.95. The summed E-state index contributed by atoms with van der Waals surface area (Å²) in [4.78, 5) is 27.2. The highest BCUT2D eigenvalue weighted by Crippen LogP contribution is 2.20. The molecule has 9 heteroatoms. The van der Waals surface area contributed by atoms with Crippen molar-refractivity contribution in [1.29, 1.82) is 0 Å². The maximum absolute atomic E-state index is 12.3. The Morgan fingerprint density at radius 3 is 2.09 bits per heavy atom. The van der Waals surface area contributed by atoms with Gasteiger partial charge in [-0.05, 0) is 40.9 Å². The first-order valence-electron chi connectivity index (χ1n) is 6.13. The number of hydroxylamine groups is 1. The Morgan fingerprint density at radius 2 is 1.57 bits per heavy atom. The van der Waals surface area contributed by atoms with Gasteiger partial charge in [-0.1, -0.05) is 29.8 Å². The number of halogens is 1. The Bertz CT molecular complexity index is 820. The maximum Gasteiger partial charge on any atom is 0.456 e. The van der Waals surface area contributed by atoms with Crippen LogP contribution in [0.25, 0.3) is 0 Å². The van der Waals surface area contributed by atoms with Gasteiger partial charge < -0.3 is 9.94 Å². The largest absolute Gasteiger partial charge is 0.462 e. The Morgan fingerprint density at radius 1 is 1.00 bits per heavy atom. The molecule has 0 radical (unpaired) electrons. The van der Waals surface area contributed by atoms with Crippen LogP contribution in [0.1, 0.15) is 10.4 Å². The molecule has 2 aromatic carbocycles. The highest BCUT2D eigenvalue weighted by molar-refractivity contribution is 7.89. The molecule has 2 rings (SSSR count). The third kappa shape index (κ3) is 3.79.